The summed E-state index contributed by atoms with van der Waals surface area (Å²) in [6.07, 6.45) is 3.53. The van der Waals surface area contributed by atoms with Crippen LogP contribution in [0.1, 0.15) is 18.5 Å². The van der Waals surface area contributed by atoms with E-state index in [1.807, 2.05) is 24.4 Å². The Hall–Kier alpha value is -1.45. The summed E-state index contributed by atoms with van der Waals surface area (Å²) in [6, 6.07) is 10.3. The van der Waals surface area contributed by atoms with Crippen LogP contribution in [0, 0.1) is 5.41 Å². The van der Waals surface area contributed by atoms with E-state index < -0.39 is 0 Å². The van der Waals surface area contributed by atoms with Crippen molar-refractivity contribution in [1.29, 1.82) is 0 Å². The molecule has 1 atom stereocenters. The standard InChI is InChI=1S/C19H26N4O2.HI/c1-20-18(23-13-19(7-10-24)8-11-25-14-19)22-12-17-16-5-3-2-4-15(16)6-9-21-17;/h2-6,9,24H,7-8,10-14H2,1H3,(H2,20,22,23);1H. The first kappa shape index (κ1) is 20.9. The van der Waals surface area contributed by atoms with Crippen molar-refractivity contribution >= 4 is 40.7 Å². The van der Waals surface area contributed by atoms with Gasteiger partial charge in [-0.1, -0.05) is 24.3 Å². The van der Waals surface area contributed by atoms with E-state index in [2.05, 4.69) is 32.7 Å². The number of halogens is 1. The number of aliphatic hydroxyl groups is 1. The van der Waals surface area contributed by atoms with Gasteiger partial charge in [-0.15, -0.1) is 24.0 Å². The highest BCUT2D eigenvalue weighted by atomic mass is 127. The fourth-order valence-electron chi connectivity index (χ4n) is 3.29. The summed E-state index contributed by atoms with van der Waals surface area (Å²) in [6.45, 7) is 2.95. The lowest BCUT2D eigenvalue weighted by atomic mass is 9.84. The van der Waals surface area contributed by atoms with Gasteiger partial charge in [0.1, 0.15) is 0 Å². The smallest absolute Gasteiger partial charge is 0.191 e. The van der Waals surface area contributed by atoms with E-state index in [0.29, 0.717) is 13.2 Å². The van der Waals surface area contributed by atoms with Gasteiger partial charge in [-0.05, 0) is 24.3 Å². The molecule has 7 heteroatoms. The van der Waals surface area contributed by atoms with Gasteiger partial charge in [0.05, 0.1) is 18.8 Å². The monoisotopic (exact) mass is 470 g/mol. The van der Waals surface area contributed by atoms with Gasteiger partial charge in [-0.25, -0.2) is 0 Å². The van der Waals surface area contributed by atoms with Crippen LogP contribution in [0.25, 0.3) is 10.8 Å². The topological polar surface area (TPSA) is 78.8 Å². The Bertz CT molecular complexity index is 727. The van der Waals surface area contributed by atoms with E-state index in [1.165, 1.54) is 5.39 Å². The number of nitrogens with one attached hydrogen (secondary N) is 2. The first-order chi connectivity index (χ1) is 12.3. The molecule has 142 valence electrons. The second-order valence-corrected chi connectivity index (χ2v) is 6.53. The summed E-state index contributed by atoms with van der Waals surface area (Å²) in [5.41, 5.74) is 0.986. The summed E-state index contributed by atoms with van der Waals surface area (Å²) in [5.74, 6) is 0.735. The number of guanidine groups is 1. The van der Waals surface area contributed by atoms with Crippen molar-refractivity contribution in [3.05, 3.63) is 42.2 Å². The molecule has 1 unspecified atom stereocenters. The average molecular weight is 470 g/mol. The van der Waals surface area contributed by atoms with Gasteiger partial charge in [-0.2, -0.15) is 0 Å². The molecule has 26 heavy (non-hydrogen) atoms. The number of fused-ring (bicyclic) bond motifs is 1. The van der Waals surface area contributed by atoms with Crippen LogP contribution in [0.5, 0.6) is 0 Å². The lowest BCUT2D eigenvalue weighted by Gasteiger charge is -2.27. The zero-order valence-corrected chi connectivity index (χ0v) is 17.4. The molecule has 1 aliphatic rings. The van der Waals surface area contributed by atoms with Crippen molar-refractivity contribution < 1.29 is 9.84 Å². The van der Waals surface area contributed by atoms with Crippen LogP contribution in [0.15, 0.2) is 41.5 Å². The summed E-state index contributed by atoms with van der Waals surface area (Å²) in [5, 5.41) is 18.4. The first-order valence-corrected chi connectivity index (χ1v) is 8.72. The van der Waals surface area contributed by atoms with Crippen molar-refractivity contribution in [1.82, 2.24) is 15.6 Å². The van der Waals surface area contributed by atoms with E-state index >= 15 is 0 Å². The summed E-state index contributed by atoms with van der Waals surface area (Å²) in [4.78, 5) is 8.79. The van der Waals surface area contributed by atoms with Gasteiger partial charge in [0.15, 0.2) is 5.96 Å². The molecule has 3 rings (SSSR count). The molecule has 0 amide bonds. The van der Waals surface area contributed by atoms with Crippen molar-refractivity contribution in [2.75, 3.05) is 33.4 Å². The SMILES string of the molecule is CN=C(NCc1nccc2ccccc12)NCC1(CCO)CCOC1.I. The molecule has 3 N–H and O–H groups in total. The molecule has 0 spiro atoms. The molecule has 6 nitrogen and oxygen atoms in total. The normalized spacial score (nSPS) is 20.0. The largest absolute Gasteiger partial charge is 0.396 e. The third kappa shape index (κ3) is 5.05. The lowest BCUT2D eigenvalue weighted by molar-refractivity contribution is 0.127. The first-order valence-electron chi connectivity index (χ1n) is 8.72. The summed E-state index contributed by atoms with van der Waals surface area (Å²) < 4.78 is 5.54. The number of nitrogens with zero attached hydrogens (tertiary/aromatic N) is 2. The summed E-state index contributed by atoms with van der Waals surface area (Å²) in [7, 11) is 1.76. The molecule has 0 radical (unpaired) electrons. The van der Waals surface area contributed by atoms with E-state index in [4.69, 9.17) is 4.74 Å². The van der Waals surface area contributed by atoms with Gasteiger partial charge in [0, 0.05) is 43.8 Å². The van der Waals surface area contributed by atoms with E-state index in [-0.39, 0.29) is 36.0 Å². The molecule has 0 saturated carbocycles. The molecule has 1 aliphatic heterocycles. The van der Waals surface area contributed by atoms with Crippen LogP contribution in [-0.2, 0) is 11.3 Å². The Balaban J connectivity index is 0.00000243. The second kappa shape index (κ2) is 10.0. The van der Waals surface area contributed by atoms with Crippen molar-refractivity contribution in [3.63, 3.8) is 0 Å². The van der Waals surface area contributed by atoms with Crippen LogP contribution in [-0.4, -0.2) is 49.5 Å². The fraction of sp³-hybridized carbons (Fsp3) is 0.474. The van der Waals surface area contributed by atoms with Crippen LogP contribution in [0.3, 0.4) is 0 Å². The van der Waals surface area contributed by atoms with Crippen molar-refractivity contribution in [2.24, 2.45) is 10.4 Å². The van der Waals surface area contributed by atoms with Crippen molar-refractivity contribution in [2.45, 2.75) is 19.4 Å². The average Bonchev–Trinajstić information content (AvgIpc) is 3.11. The maximum Gasteiger partial charge on any atom is 0.191 e. The molecular formula is C19H27IN4O2. The third-order valence-corrected chi connectivity index (χ3v) is 4.86. The van der Waals surface area contributed by atoms with Crippen LogP contribution in [0.4, 0.5) is 0 Å². The maximum absolute atomic E-state index is 9.33. The van der Waals surface area contributed by atoms with Gasteiger partial charge in [0.2, 0.25) is 0 Å². The van der Waals surface area contributed by atoms with Gasteiger partial charge in [-0.3, -0.25) is 9.98 Å². The molecule has 2 aromatic rings. The Kier molecular flexibility index (Phi) is 8.05. The molecule has 0 aliphatic carbocycles. The van der Waals surface area contributed by atoms with Gasteiger partial charge >= 0.3 is 0 Å². The highest BCUT2D eigenvalue weighted by Gasteiger charge is 2.34. The number of hydrogen-bond acceptors (Lipinski definition) is 4. The second-order valence-electron chi connectivity index (χ2n) is 6.53. The van der Waals surface area contributed by atoms with E-state index in [1.54, 1.807) is 7.05 Å². The highest BCUT2D eigenvalue weighted by molar-refractivity contribution is 14.0. The number of aliphatic hydroxyl groups excluding tert-OH is 1. The fourth-order valence-corrected chi connectivity index (χ4v) is 3.29. The molecule has 0 bridgehead atoms. The molecule has 1 saturated heterocycles. The molecule has 1 aromatic heterocycles. The van der Waals surface area contributed by atoms with Gasteiger partial charge < -0.3 is 20.5 Å². The molecular weight excluding hydrogens is 443 g/mol. The van der Waals surface area contributed by atoms with E-state index in [0.717, 1.165) is 43.0 Å². The summed E-state index contributed by atoms with van der Waals surface area (Å²) >= 11 is 0. The van der Waals surface area contributed by atoms with Gasteiger partial charge in [0.25, 0.3) is 0 Å². The Labute approximate surface area is 171 Å². The van der Waals surface area contributed by atoms with Crippen molar-refractivity contribution in [3.8, 4) is 0 Å². The minimum absolute atomic E-state index is 0. The molecule has 2 heterocycles. The number of benzene rings is 1. The highest BCUT2D eigenvalue weighted by Crippen LogP contribution is 2.31. The third-order valence-electron chi connectivity index (χ3n) is 4.86. The minimum Gasteiger partial charge on any atom is -0.396 e. The Morgan fingerprint density at radius 2 is 2.15 bits per heavy atom. The van der Waals surface area contributed by atoms with Crippen LogP contribution >= 0.6 is 24.0 Å². The number of rotatable bonds is 6. The number of ether oxygens (including phenoxy) is 1. The predicted molar refractivity (Wildman–Crippen MR) is 115 cm³/mol. The number of hydrogen-bond donors (Lipinski definition) is 3. The van der Waals surface area contributed by atoms with Crippen LogP contribution < -0.4 is 10.6 Å². The zero-order chi connectivity index (χ0) is 17.5. The minimum atomic E-state index is -0.00986. The number of aromatic nitrogens is 1. The lowest BCUT2D eigenvalue weighted by Crippen LogP contribution is -2.44. The zero-order valence-electron chi connectivity index (χ0n) is 15.1. The number of pyridine rings is 1. The Morgan fingerprint density at radius 3 is 2.88 bits per heavy atom. The quantitative estimate of drug-likeness (QED) is 0.343. The predicted octanol–water partition coefficient (Wildman–Crippen LogP) is 2.31. The Morgan fingerprint density at radius 1 is 1.31 bits per heavy atom. The van der Waals surface area contributed by atoms with Crippen LogP contribution in [0.2, 0.25) is 0 Å². The molecule has 1 fully saturated rings. The maximum atomic E-state index is 9.33. The number of aliphatic imine (C=N–C) groups is 1. The molecule has 1 aromatic carbocycles. The van der Waals surface area contributed by atoms with E-state index in [9.17, 15) is 5.11 Å².